The molecule has 0 saturated heterocycles. The van der Waals surface area contributed by atoms with Gasteiger partial charge in [0, 0.05) is 19.2 Å². The number of nitrogens with two attached hydrogens (primary N) is 1. The van der Waals surface area contributed by atoms with Crippen molar-refractivity contribution in [2.45, 2.75) is 17.9 Å². The van der Waals surface area contributed by atoms with Gasteiger partial charge in [-0.1, -0.05) is 0 Å². The van der Waals surface area contributed by atoms with Gasteiger partial charge in [-0.15, -0.1) is 0 Å². The molecule has 1 aromatic carbocycles. The maximum absolute atomic E-state index is 13.4. The third kappa shape index (κ3) is 3.72. The minimum atomic E-state index is -3.89. The Balaban J connectivity index is 2.99. The highest BCUT2D eigenvalue weighted by molar-refractivity contribution is 7.91. The zero-order chi connectivity index (χ0) is 13.8. The molecule has 1 atom stereocenters. The lowest BCUT2D eigenvalue weighted by molar-refractivity contribution is 0.0846. The van der Waals surface area contributed by atoms with Crippen LogP contribution < -0.4 is 5.73 Å². The van der Waals surface area contributed by atoms with Gasteiger partial charge >= 0.3 is 0 Å². The van der Waals surface area contributed by atoms with E-state index in [1.807, 2.05) is 0 Å². The quantitative estimate of drug-likeness (QED) is 0.792. The van der Waals surface area contributed by atoms with E-state index in [1.54, 1.807) is 6.92 Å². The van der Waals surface area contributed by atoms with Crippen LogP contribution in [0.5, 0.6) is 0 Å². The third-order valence-corrected chi connectivity index (χ3v) is 4.11. The highest BCUT2D eigenvalue weighted by Crippen LogP contribution is 2.18. The summed E-state index contributed by atoms with van der Waals surface area (Å²) in [5.74, 6) is -2.37. The second-order valence-corrected chi connectivity index (χ2v) is 5.67. The molecule has 0 saturated carbocycles. The maximum atomic E-state index is 13.4. The number of rotatable bonds is 6. The standard InChI is InChI=1S/C11H15F2NO3S/c1-2-17-9(6-14)7-18(15,16)11-4-3-8(12)5-10(11)13/h3-5,9H,2,6-7,14H2,1H3. The van der Waals surface area contributed by atoms with E-state index < -0.39 is 38.2 Å². The molecule has 0 bridgehead atoms. The number of hydrogen-bond acceptors (Lipinski definition) is 4. The van der Waals surface area contributed by atoms with Crippen molar-refractivity contribution in [1.82, 2.24) is 0 Å². The molecule has 7 heteroatoms. The fourth-order valence-electron chi connectivity index (χ4n) is 1.48. The normalized spacial score (nSPS) is 13.6. The van der Waals surface area contributed by atoms with Gasteiger partial charge < -0.3 is 10.5 Å². The van der Waals surface area contributed by atoms with Crippen LogP contribution in [0.1, 0.15) is 6.92 Å². The Kier molecular flexibility index (Phi) is 5.18. The van der Waals surface area contributed by atoms with Crippen LogP contribution in [0, 0.1) is 11.6 Å². The first-order valence-corrected chi connectivity index (χ1v) is 7.05. The Hall–Kier alpha value is -1.05. The molecule has 0 aromatic heterocycles. The zero-order valence-electron chi connectivity index (χ0n) is 9.90. The van der Waals surface area contributed by atoms with Crippen molar-refractivity contribution in [2.75, 3.05) is 18.9 Å². The average Bonchev–Trinajstić information content (AvgIpc) is 2.27. The van der Waals surface area contributed by atoms with Crippen LogP contribution in [0.2, 0.25) is 0 Å². The maximum Gasteiger partial charge on any atom is 0.183 e. The van der Waals surface area contributed by atoms with Crippen molar-refractivity contribution in [2.24, 2.45) is 5.73 Å². The number of hydrogen-bond donors (Lipinski definition) is 1. The van der Waals surface area contributed by atoms with E-state index in [9.17, 15) is 17.2 Å². The molecule has 2 N–H and O–H groups in total. The molecule has 4 nitrogen and oxygen atoms in total. The van der Waals surface area contributed by atoms with Crippen LogP contribution in [0.4, 0.5) is 8.78 Å². The van der Waals surface area contributed by atoms with E-state index in [0.29, 0.717) is 12.7 Å². The summed E-state index contributed by atoms with van der Waals surface area (Å²) < 4.78 is 55.0. The summed E-state index contributed by atoms with van der Waals surface area (Å²) in [7, 11) is -3.89. The molecule has 102 valence electrons. The van der Waals surface area contributed by atoms with E-state index in [-0.39, 0.29) is 6.54 Å². The predicted molar refractivity (Wildman–Crippen MR) is 62.9 cm³/mol. The summed E-state index contributed by atoms with van der Waals surface area (Å²) in [5.41, 5.74) is 5.36. The van der Waals surface area contributed by atoms with Crippen molar-refractivity contribution in [3.8, 4) is 0 Å². The molecule has 0 spiro atoms. The molecular weight excluding hydrogens is 264 g/mol. The van der Waals surface area contributed by atoms with Crippen LogP contribution in [0.25, 0.3) is 0 Å². The van der Waals surface area contributed by atoms with Crippen LogP contribution in [0.3, 0.4) is 0 Å². The Morgan fingerprint density at radius 1 is 1.39 bits per heavy atom. The lowest BCUT2D eigenvalue weighted by Gasteiger charge is -2.15. The fourth-order valence-corrected chi connectivity index (χ4v) is 3.01. The Labute approximate surface area is 105 Å². The number of sulfone groups is 1. The number of halogens is 2. The summed E-state index contributed by atoms with van der Waals surface area (Å²) in [6.45, 7) is 2.02. The summed E-state index contributed by atoms with van der Waals surface area (Å²) in [4.78, 5) is -0.540. The van der Waals surface area contributed by atoms with Gasteiger partial charge in [-0.05, 0) is 19.1 Å². The monoisotopic (exact) mass is 279 g/mol. The Morgan fingerprint density at radius 3 is 2.56 bits per heavy atom. The summed E-state index contributed by atoms with van der Waals surface area (Å²) in [6.07, 6.45) is -0.704. The van der Waals surface area contributed by atoms with Gasteiger partial charge in [0.2, 0.25) is 0 Å². The molecule has 0 amide bonds. The number of benzene rings is 1. The van der Waals surface area contributed by atoms with Gasteiger partial charge in [-0.2, -0.15) is 0 Å². The van der Waals surface area contributed by atoms with Crippen LogP contribution in [-0.4, -0.2) is 33.4 Å². The molecule has 1 rings (SSSR count). The summed E-state index contributed by atoms with van der Waals surface area (Å²) >= 11 is 0. The highest BCUT2D eigenvalue weighted by atomic mass is 32.2. The lowest BCUT2D eigenvalue weighted by atomic mass is 10.3. The highest BCUT2D eigenvalue weighted by Gasteiger charge is 2.24. The van der Waals surface area contributed by atoms with Crippen LogP contribution in [-0.2, 0) is 14.6 Å². The molecule has 0 radical (unpaired) electrons. The average molecular weight is 279 g/mol. The second-order valence-electron chi connectivity index (χ2n) is 3.67. The first-order valence-electron chi connectivity index (χ1n) is 5.40. The Morgan fingerprint density at radius 2 is 2.06 bits per heavy atom. The largest absolute Gasteiger partial charge is 0.376 e. The molecule has 0 fully saturated rings. The SMILES string of the molecule is CCOC(CN)CS(=O)(=O)c1ccc(F)cc1F. The molecule has 0 aliphatic heterocycles. The van der Waals surface area contributed by atoms with Gasteiger partial charge in [0.15, 0.2) is 9.84 Å². The molecule has 18 heavy (non-hydrogen) atoms. The van der Waals surface area contributed by atoms with Crippen LogP contribution >= 0.6 is 0 Å². The first kappa shape index (κ1) is 15.0. The predicted octanol–water partition coefficient (Wildman–Crippen LogP) is 1.10. The van der Waals surface area contributed by atoms with Crippen molar-refractivity contribution in [3.63, 3.8) is 0 Å². The summed E-state index contributed by atoms with van der Waals surface area (Å²) in [6, 6.07) is 2.33. The third-order valence-electron chi connectivity index (χ3n) is 2.30. The van der Waals surface area contributed by atoms with Gasteiger partial charge in [0.25, 0.3) is 0 Å². The van der Waals surface area contributed by atoms with E-state index in [2.05, 4.69) is 0 Å². The first-order chi connectivity index (χ1) is 8.40. The van der Waals surface area contributed by atoms with Gasteiger partial charge in [-0.25, -0.2) is 17.2 Å². The molecule has 0 heterocycles. The van der Waals surface area contributed by atoms with Gasteiger partial charge in [-0.3, -0.25) is 0 Å². The van der Waals surface area contributed by atoms with E-state index in [1.165, 1.54) is 0 Å². The van der Waals surface area contributed by atoms with Crippen molar-refractivity contribution in [3.05, 3.63) is 29.8 Å². The zero-order valence-corrected chi connectivity index (χ0v) is 10.7. The molecule has 0 aliphatic carbocycles. The topological polar surface area (TPSA) is 69.4 Å². The molecule has 1 unspecified atom stereocenters. The lowest BCUT2D eigenvalue weighted by Crippen LogP contribution is -2.32. The van der Waals surface area contributed by atoms with E-state index >= 15 is 0 Å². The van der Waals surface area contributed by atoms with E-state index in [4.69, 9.17) is 10.5 Å². The molecule has 1 aromatic rings. The van der Waals surface area contributed by atoms with Crippen molar-refractivity contribution in [1.29, 1.82) is 0 Å². The van der Waals surface area contributed by atoms with Crippen LogP contribution in [0.15, 0.2) is 23.1 Å². The van der Waals surface area contributed by atoms with Gasteiger partial charge in [0.05, 0.1) is 11.9 Å². The second kappa shape index (κ2) is 6.21. The van der Waals surface area contributed by atoms with Crippen molar-refractivity contribution < 1.29 is 21.9 Å². The fraction of sp³-hybridized carbons (Fsp3) is 0.455. The Bertz CT molecular complexity index is 505. The molecular formula is C11H15F2NO3S. The minimum absolute atomic E-state index is 0.00981. The minimum Gasteiger partial charge on any atom is -0.376 e. The van der Waals surface area contributed by atoms with E-state index in [0.717, 1.165) is 12.1 Å². The smallest absolute Gasteiger partial charge is 0.183 e. The summed E-state index contributed by atoms with van der Waals surface area (Å²) in [5, 5.41) is 0. The van der Waals surface area contributed by atoms with Crippen molar-refractivity contribution >= 4 is 9.84 Å². The van der Waals surface area contributed by atoms with Gasteiger partial charge in [0.1, 0.15) is 16.5 Å². The number of ether oxygens (including phenoxy) is 1. The molecule has 0 aliphatic rings.